The van der Waals surface area contributed by atoms with E-state index in [4.69, 9.17) is 9.47 Å². The van der Waals surface area contributed by atoms with Crippen LogP contribution in [0.15, 0.2) is 36.5 Å². The molecule has 1 aromatic carbocycles. The maximum absolute atomic E-state index is 12.4. The summed E-state index contributed by atoms with van der Waals surface area (Å²) in [6.45, 7) is 10.3. The molecule has 2 aromatic rings. The van der Waals surface area contributed by atoms with E-state index in [0.717, 1.165) is 41.3 Å². The predicted octanol–water partition coefficient (Wildman–Crippen LogP) is 3.91. The third kappa shape index (κ3) is 5.11. The molecule has 8 nitrogen and oxygen atoms in total. The van der Waals surface area contributed by atoms with E-state index in [2.05, 4.69) is 21.3 Å². The standard InChI is InChI=1S/C25H32N4O4/c1-16(2)33-25(31)27-22-13-17(3)29(18(4)30)23-7-5-19(14-21(22)23)20-6-8-24(26-15-20)28-9-11-32-12-10-28/h5-8,14-17,22H,9-13H2,1-4H3,(H,27,31). The van der Waals surface area contributed by atoms with Crippen molar-refractivity contribution in [3.63, 3.8) is 0 Å². The van der Waals surface area contributed by atoms with E-state index in [1.54, 1.807) is 11.8 Å². The highest BCUT2D eigenvalue weighted by atomic mass is 16.6. The molecule has 0 aliphatic carbocycles. The number of carbonyl (C=O) groups is 2. The Morgan fingerprint density at radius 3 is 2.52 bits per heavy atom. The Morgan fingerprint density at radius 1 is 1.15 bits per heavy atom. The minimum absolute atomic E-state index is 0.0174. The summed E-state index contributed by atoms with van der Waals surface area (Å²) < 4.78 is 10.7. The molecule has 0 spiro atoms. The van der Waals surface area contributed by atoms with E-state index >= 15 is 0 Å². The maximum Gasteiger partial charge on any atom is 0.407 e. The fraction of sp³-hybridized carbons (Fsp3) is 0.480. The van der Waals surface area contributed by atoms with Crippen LogP contribution in [0.25, 0.3) is 11.1 Å². The van der Waals surface area contributed by atoms with Crippen LogP contribution < -0.4 is 15.1 Å². The van der Waals surface area contributed by atoms with Crippen LogP contribution in [0.2, 0.25) is 0 Å². The molecule has 2 unspecified atom stereocenters. The highest BCUT2D eigenvalue weighted by Gasteiger charge is 2.33. The first-order chi connectivity index (χ1) is 15.8. The summed E-state index contributed by atoms with van der Waals surface area (Å²) in [5.41, 5.74) is 3.68. The molecule has 1 saturated heterocycles. The third-order valence-corrected chi connectivity index (χ3v) is 6.07. The molecule has 176 valence electrons. The van der Waals surface area contributed by atoms with Crippen LogP contribution in [0.3, 0.4) is 0 Å². The molecule has 1 aromatic heterocycles. The number of hydrogen-bond acceptors (Lipinski definition) is 6. The summed E-state index contributed by atoms with van der Waals surface area (Å²) in [6, 6.07) is 9.80. The predicted molar refractivity (Wildman–Crippen MR) is 127 cm³/mol. The van der Waals surface area contributed by atoms with Gasteiger partial charge in [-0.3, -0.25) is 4.79 Å². The largest absolute Gasteiger partial charge is 0.447 e. The molecular weight excluding hydrogens is 420 g/mol. The van der Waals surface area contributed by atoms with Crippen molar-refractivity contribution in [1.82, 2.24) is 10.3 Å². The highest BCUT2D eigenvalue weighted by Crippen LogP contribution is 2.39. The van der Waals surface area contributed by atoms with Crippen molar-refractivity contribution in [3.05, 3.63) is 42.1 Å². The second-order valence-electron chi connectivity index (χ2n) is 8.90. The first-order valence-corrected chi connectivity index (χ1v) is 11.5. The van der Waals surface area contributed by atoms with Crippen LogP contribution in [0.4, 0.5) is 16.3 Å². The number of carbonyl (C=O) groups excluding carboxylic acids is 2. The van der Waals surface area contributed by atoms with E-state index in [-0.39, 0.29) is 24.1 Å². The molecule has 3 heterocycles. The normalized spacial score (nSPS) is 20.4. The molecule has 2 aliphatic heterocycles. The fourth-order valence-electron chi connectivity index (χ4n) is 4.59. The van der Waals surface area contributed by atoms with E-state index in [1.165, 1.54) is 0 Å². The number of amides is 2. The van der Waals surface area contributed by atoms with Crippen LogP contribution in [-0.4, -0.2) is 55.4 Å². The van der Waals surface area contributed by atoms with Gasteiger partial charge in [0.2, 0.25) is 5.91 Å². The molecule has 8 heteroatoms. The highest BCUT2D eigenvalue weighted by molar-refractivity contribution is 5.94. The number of nitrogens with zero attached hydrogens (tertiary/aromatic N) is 3. The zero-order valence-electron chi connectivity index (χ0n) is 19.7. The van der Waals surface area contributed by atoms with Gasteiger partial charge in [0.05, 0.1) is 25.4 Å². The summed E-state index contributed by atoms with van der Waals surface area (Å²) in [7, 11) is 0. The van der Waals surface area contributed by atoms with Gasteiger partial charge in [-0.15, -0.1) is 0 Å². The Bertz CT molecular complexity index is 1000. The molecule has 2 aliphatic rings. The lowest BCUT2D eigenvalue weighted by atomic mass is 9.89. The number of aromatic nitrogens is 1. The van der Waals surface area contributed by atoms with Crippen molar-refractivity contribution < 1.29 is 19.1 Å². The lowest BCUT2D eigenvalue weighted by Crippen LogP contribution is -2.45. The lowest BCUT2D eigenvalue weighted by molar-refractivity contribution is -0.117. The lowest BCUT2D eigenvalue weighted by Gasteiger charge is -2.39. The van der Waals surface area contributed by atoms with Gasteiger partial charge in [-0.2, -0.15) is 0 Å². The van der Waals surface area contributed by atoms with Crippen molar-refractivity contribution in [2.24, 2.45) is 0 Å². The van der Waals surface area contributed by atoms with Crippen LogP contribution in [0.1, 0.15) is 45.7 Å². The van der Waals surface area contributed by atoms with Crippen molar-refractivity contribution in [2.45, 2.75) is 52.3 Å². The number of ether oxygens (including phenoxy) is 2. The average Bonchev–Trinajstić information content (AvgIpc) is 2.79. The number of hydrogen-bond donors (Lipinski definition) is 1. The SMILES string of the molecule is CC(=O)N1c2ccc(-c3ccc(N4CCOCC4)nc3)cc2C(NC(=O)OC(C)C)CC1C. The van der Waals surface area contributed by atoms with Crippen LogP contribution in [0.5, 0.6) is 0 Å². The van der Waals surface area contributed by atoms with Gasteiger partial charge < -0.3 is 24.6 Å². The number of anilines is 2. The molecular formula is C25H32N4O4. The summed E-state index contributed by atoms with van der Waals surface area (Å²) in [4.78, 5) is 33.4. The van der Waals surface area contributed by atoms with Crippen molar-refractivity contribution in [1.29, 1.82) is 0 Å². The Morgan fingerprint density at radius 2 is 1.88 bits per heavy atom. The number of nitrogens with one attached hydrogen (secondary N) is 1. The smallest absolute Gasteiger partial charge is 0.407 e. The number of fused-ring (bicyclic) bond motifs is 1. The maximum atomic E-state index is 12.4. The Kier molecular flexibility index (Phi) is 6.83. The first kappa shape index (κ1) is 23.0. The summed E-state index contributed by atoms with van der Waals surface area (Å²) >= 11 is 0. The summed E-state index contributed by atoms with van der Waals surface area (Å²) in [5.74, 6) is 0.920. The van der Waals surface area contributed by atoms with Gasteiger partial charge in [0.1, 0.15) is 5.82 Å². The van der Waals surface area contributed by atoms with Gasteiger partial charge in [-0.05, 0) is 62.6 Å². The average molecular weight is 453 g/mol. The van der Waals surface area contributed by atoms with Crippen LogP contribution in [0, 0.1) is 0 Å². The van der Waals surface area contributed by atoms with Crippen LogP contribution in [-0.2, 0) is 14.3 Å². The van der Waals surface area contributed by atoms with E-state index in [0.29, 0.717) is 19.6 Å². The molecule has 1 fully saturated rings. The van der Waals surface area contributed by atoms with Gasteiger partial charge >= 0.3 is 6.09 Å². The van der Waals surface area contributed by atoms with Crippen molar-refractivity contribution >= 4 is 23.5 Å². The zero-order chi connectivity index (χ0) is 23.5. The Balaban J connectivity index is 1.64. The molecule has 1 N–H and O–H groups in total. The van der Waals surface area contributed by atoms with Gasteiger partial charge in [0, 0.05) is 43.5 Å². The molecule has 2 atom stereocenters. The molecule has 33 heavy (non-hydrogen) atoms. The first-order valence-electron chi connectivity index (χ1n) is 11.5. The summed E-state index contributed by atoms with van der Waals surface area (Å²) in [5, 5.41) is 2.99. The fourth-order valence-corrected chi connectivity index (χ4v) is 4.59. The summed E-state index contributed by atoms with van der Waals surface area (Å²) in [6.07, 6.45) is 1.82. The molecule has 0 radical (unpaired) electrons. The van der Waals surface area contributed by atoms with Crippen molar-refractivity contribution in [2.75, 3.05) is 36.1 Å². The van der Waals surface area contributed by atoms with E-state index < -0.39 is 6.09 Å². The van der Waals surface area contributed by atoms with Gasteiger partial charge in [0.25, 0.3) is 0 Å². The Hall–Kier alpha value is -3.13. The topological polar surface area (TPSA) is 84.0 Å². The van der Waals surface area contributed by atoms with Gasteiger partial charge in [-0.1, -0.05) is 6.07 Å². The zero-order valence-corrected chi connectivity index (χ0v) is 19.7. The minimum Gasteiger partial charge on any atom is -0.447 e. The Labute approximate surface area is 194 Å². The minimum atomic E-state index is -0.452. The number of rotatable bonds is 4. The van der Waals surface area contributed by atoms with E-state index in [9.17, 15) is 9.59 Å². The number of benzene rings is 1. The van der Waals surface area contributed by atoms with Gasteiger partial charge in [0.15, 0.2) is 0 Å². The number of alkyl carbamates (subject to hydrolysis) is 1. The number of morpholine rings is 1. The second kappa shape index (κ2) is 9.79. The molecule has 2 amide bonds. The van der Waals surface area contributed by atoms with Crippen LogP contribution >= 0.6 is 0 Å². The third-order valence-electron chi connectivity index (χ3n) is 6.07. The monoisotopic (exact) mass is 452 g/mol. The second-order valence-corrected chi connectivity index (χ2v) is 8.90. The quantitative estimate of drug-likeness (QED) is 0.757. The van der Waals surface area contributed by atoms with Crippen molar-refractivity contribution in [3.8, 4) is 11.1 Å². The molecule has 0 bridgehead atoms. The molecule has 0 saturated carbocycles. The molecule has 4 rings (SSSR count). The number of pyridine rings is 1. The van der Waals surface area contributed by atoms with Gasteiger partial charge in [-0.25, -0.2) is 9.78 Å². The van der Waals surface area contributed by atoms with E-state index in [1.807, 2.05) is 51.2 Å².